The van der Waals surface area contributed by atoms with Crippen LogP contribution in [0, 0.1) is 0 Å². The van der Waals surface area contributed by atoms with Crippen LogP contribution in [0.15, 0.2) is 0 Å². The molecule has 0 rings (SSSR count). The van der Waals surface area contributed by atoms with Crippen molar-refractivity contribution in [3.05, 3.63) is 0 Å². The molecule has 12 heavy (non-hydrogen) atoms. The largest absolute Gasteiger partial charge is 2.00 e. The molecule has 0 radical (unpaired) electrons. The van der Waals surface area contributed by atoms with E-state index in [1.807, 2.05) is 0 Å². The van der Waals surface area contributed by atoms with Crippen LogP contribution in [0.5, 0.6) is 0 Å². The van der Waals surface area contributed by atoms with Crippen LogP contribution < -0.4 is 0 Å². The van der Waals surface area contributed by atoms with Gasteiger partial charge in [0.15, 0.2) is 0 Å². The summed E-state index contributed by atoms with van der Waals surface area (Å²) in [6.07, 6.45) is 0. The molecule has 0 aliphatic carbocycles. The predicted octanol–water partition coefficient (Wildman–Crippen LogP) is -4.30. The van der Waals surface area contributed by atoms with Gasteiger partial charge in [0.25, 0.3) is 0 Å². The first kappa shape index (κ1) is 52.1. The Morgan fingerprint density at radius 3 is 0.917 bits per heavy atom. The van der Waals surface area contributed by atoms with Gasteiger partial charge >= 0.3 is 57.4 Å². The van der Waals surface area contributed by atoms with E-state index in [-0.39, 0.29) is 92.0 Å². The van der Waals surface area contributed by atoms with Gasteiger partial charge in [0.2, 0.25) is 0 Å². The third kappa shape index (κ3) is 44.1. The van der Waals surface area contributed by atoms with E-state index in [1.54, 1.807) is 0 Å². The second-order valence-corrected chi connectivity index (χ2v) is 0.610. The maximum absolute atomic E-state index is 9.10. The van der Waals surface area contributed by atoms with Gasteiger partial charge in [0, 0.05) is 21.7 Å². The molecule has 0 unspecified atom stereocenters. The smallest absolute Gasteiger partial charge is 1.00 e. The molecule has 0 atom stereocenters. The molecule has 0 fully saturated rings. The van der Waals surface area contributed by atoms with Crippen molar-refractivity contribution in [2.24, 2.45) is 0 Å². The number of carboxylic acid groups (broad SMARTS) is 2. The van der Waals surface area contributed by atoms with Crippen LogP contribution in [0.4, 0.5) is 0 Å². The Kier molecular flexibility index (Phi) is 129. The molecule has 0 aliphatic rings. The Hall–Kier alpha value is 0.975. The van der Waals surface area contributed by atoms with Crippen LogP contribution in [0.2, 0.25) is 0 Å². The Morgan fingerprint density at radius 2 is 0.917 bits per heavy atom. The zero-order valence-electron chi connectivity index (χ0n) is 7.92. The van der Waals surface area contributed by atoms with Crippen LogP contribution in [0.3, 0.4) is 0 Å². The minimum Gasteiger partial charge on any atom is -1.00 e. The van der Waals surface area contributed by atoms with Gasteiger partial charge in [-0.15, -0.1) is 0 Å². The van der Waals surface area contributed by atoms with Gasteiger partial charge in [0.05, 0.1) is 0 Å². The maximum atomic E-state index is 9.10. The van der Waals surface area contributed by atoms with E-state index in [9.17, 15) is 0 Å². The standard InChI is InChI=1S/C2H2O4.4H2O.Sr.Ti.2H/c3-1(4)2(5)6;;;;;;;;/h(H,3,4)(H,5,6);4*1H2;;;;/q;;;;;+2;;2*-1. The van der Waals surface area contributed by atoms with Gasteiger partial charge in [-0.25, -0.2) is 9.59 Å². The molecular weight excluding hydrogens is 288 g/mol. The van der Waals surface area contributed by atoms with Crippen molar-refractivity contribution < 1.29 is 66.3 Å². The average Bonchev–Trinajstić information content (AvgIpc) is 1.36. The van der Waals surface area contributed by atoms with Crippen LogP contribution in [-0.4, -0.2) is 89.5 Å². The molecule has 10 heteroatoms. The van der Waals surface area contributed by atoms with Crippen molar-refractivity contribution in [1.29, 1.82) is 0 Å². The minimum absolute atomic E-state index is 0. The van der Waals surface area contributed by atoms with Crippen molar-refractivity contribution in [2.45, 2.75) is 0 Å². The molecule has 0 bridgehead atoms. The summed E-state index contributed by atoms with van der Waals surface area (Å²) in [6, 6.07) is 0. The first-order chi connectivity index (χ1) is 2.64. The molecule has 0 saturated heterocycles. The zero-order chi connectivity index (χ0) is 5.15. The van der Waals surface area contributed by atoms with Crippen molar-refractivity contribution in [3.8, 4) is 0 Å². The molecule has 8 nitrogen and oxygen atoms in total. The van der Waals surface area contributed by atoms with Crippen molar-refractivity contribution in [1.82, 2.24) is 0 Å². The Balaban J connectivity index is -0.00000000446. The minimum atomic E-state index is -1.82. The van der Waals surface area contributed by atoms with E-state index < -0.39 is 11.9 Å². The maximum Gasteiger partial charge on any atom is 2.00 e. The quantitative estimate of drug-likeness (QED) is 0.336. The van der Waals surface area contributed by atoms with Crippen molar-refractivity contribution >= 4 is 57.4 Å². The Morgan fingerprint density at radius 1 is 0.833 bits per heavy atom. The number of carbonyl (C=O) groups is 2. The number of hydrogen-bond acceptors (Lipinski definition) is 2. The second kappa shape index (κ2) is 29.6. The molecule has 0 amide bonds. The summed E-state index contributed by atoms with van der Waals surface area (Å²) in [7, 11) is 0. The van der Waals surface area contributed by atoms with Crippen molar-refractivity contribution in [2.75, 3.05) is 0 Å². The number of carboxylic acids is 2. The van der Waals surface area contributed by atoms with Crippen LogP contribution >= 0.6 is 0 Å². The average molecular weight is 300 g/mol. The first-order valence-electron chi connectivity index (χ1n) is 1.11. The van der Waals surface area contributed by atoms with Crippen LogP contribution in [-0.2, 0) is 31.3 Å². The Labute approximate surface area is 122 Å². The second-order valence-electron chi connectivity index (χ2n) is 0.610. The summed E-state index contributed by atoms with van der Waals surface area (Å²) in [5.74, 6) is -3.65. The molecule has 10 N–H and O–H groups in total. The number of hydrogen-bond donors (Lipinski definition) is 2. The molecule has 74 valence electrons. The van der Waals surface area contributed by atoms with E-state index in [1.165, 1.54) is 0 Å². The van der Waals surface area contributed by atoms with Gasteiger partial charge in [-0.1, -0.05) is 0 Å². The number of rotatable bonds is 0. The fourth-order valence-corrected chi connectivity index (χ4v) is 0. The number of aliphatic carboxylic acids is 2. The third-order valence-electron chi connectivity index (χ3n) is 0.183. The van der Waals surface area contributed by atoms with E-state index in [0.717, 1.165) is 0 Å². The van der Waals surface area contributed by atoms with Gasteiger partial charge in [-0.05, 0) is 0 Å². The zero-order valence-corrected chi connectivity index (χ0v) is 11.0. The first-order valence-corrected chi connectivity index (χ1v) is 1.11. The van der Waals surface area contributed by atoms with Gasteiger partial charge in [0.1, 0.15) is 0 Å². The molecule has 0 heterocycles. The monoisotopic (exact) mass is 300 g/mol. The summed E-state index contributed by atoms with van der Waals surface area (Å²) in [5.41, 5.74) is 0. The molecular formula is C2H12O8SrTi. The Bertz CT molecular complexity index is 91.3. The summed E-state index contributed by atoms with van der Waals surface area (Å²) in [5, 5.41) is 14.8. The fourth-order valence-electron chi connectivity index (χ4n) is 0. The normalized spacial score (nSPS) is 3.67. The van der Waals surface area contributed by atoms with Gasteiger partial charge < -0.3 is 35.0 Å². The summed E-state index contributed by atoms with van der Waals surface area (Å²) < 4.78 is 0. The summed E-state index contributed by atoms with van der Waals surface area (Å²) >= 11 is 0. The predicted molar refractivity (Wildman–Crippen MR) is 37.7 cm³/mol. The van der Waals surface area contributed by atoms with E-state index in [0.29, 0.717) is 0 Å². The SMILES string of the molecule is O.O.O.O.O=C(O)C(=O)O.[H-].[H-].[Sr+2].[Ti]. The molecule has 0 aliphatic heterocycles. The third-order valence-corrected chi connectivity index (χ3v) is 0.183. The van der Waals surface area contributed by atoms with E-state index in [2.05, 4.69) is 0 Å². The van der Waals surface area contributed by atoms with Gasteiger partial charge in [-0.3, -0.25) is 0 Å². The van der Waals surface area contributed by atoms with Gasteiger partial charge in [-0.2, -0.15) is 0 Å². The molecule has 0 aromatic rings. The van der Waals surface area contributed by atoms with E-state index in [4.69, 9.17) is 19.8 Å². The van der Waals surface area contributed by atoms with Crippen molar-refractivity contribution in [3.63, 3.8) is 0 Å². The van der Waals surface area contributed by atoms with Crippen LogP contribution in [0.25, 0.3) is 0 Å². The fraction of sp³-hybridized carbons (Fsp3) is 0. The summed E-state index contributed by atoms with van der Waals surface area (Å²) in [6.45, 7) is 0. The molecule has 0 spiro atoms. The molecule has 0 aromatic heterocycles. The summed E-state index contributed by atoms with van der Waals surface area (Å²) in [4.78, 5) is 18.2. The topological polar surface area (TPSA) is 201 Å². The van der Waals surface area contributed by atoms with E-state index >= 15 is 0 Å². The molecule has 0 aromatic carbocycles. The van der Waals surface area contributed by atoms with Crippen LogP contribution in [0.1, 0.15) is 2.85 Å². The molecule has 0 saturated carbocycles.